The van der Waals surface area contributed by atoms with Crippen molar-refractivity contribution in [1.82, 2.24) is 10.3 Å². The van der Waals surface area contributed by atoms with Crippen molar-refractivity contribution in [2.45, 2.75) is 6.42 Å². The molecule has 3 aromatic rings. The van der Waals surface area contributed by atoms with E-state index in [-0.39, 0.29) is 23.2 Å². The van der Waals surface area contributed by atoms with Gasteiger partial charge in [0.05, 0.1) is 19.2 Å². The number of ether oxygens (including phenoxy) is 1. The number of rotatable bonds is 5. The topological polar surface area (TPSA) is 63.2 Å². The van der Waals surface area contributed by atoms with Crippen molar-refractivity contribution in [3.63, 3.8) is 0 Å². The molecule has 0 aliphatic carbocycles. The van der Waals surface area contributed by atoms with Gasteiger partial charge in [0.15, 0.2) is 21.8 Å². The first-order valence-corrected chi connectivity index (χ1v) is 9.76. The Morgan fingerprint density at radius 2 is 2.04 bits per heavy atom. The molecular weight excluding hydrogens is 421 g/mol. The first-order chi connectivity index (χ1) is 13.4. The fraction of sp³-hybridized carbons (Fsp3) is 0.105. The lowest BCUT2D eigenvalue weighted by atomic mass is 10.1. The lowest BCUT2D eigenvalue weighted by Crippen LogP contribution is -2.35. The molecule has 0 aliphatic heterocycles. The predicted octanol–water partition coefficient (Wildman–Crippen LogP) is 4.67. The van der Waals surface area contributed by atoms with Crippen LogP contribution in [0.1, 0.15) is 5.56 Å². The summed E-state index contributed by atoms with van der Waals surface area (Å²) < 4.78 is 18.8. The van der Waals surface area contributed by atoms with E-state index >= 15 is 0 Å². The second-order valence-electron chi connectivity index (χ2n) is 5.69. The summed E-state index contributed by atoms with van der Waals surface area (Å²) in [7, 11) is 1.41. The smallest absolute Gasteiger partial charge is 0.230 e. The molecule has 3 rings (SSSR count). The van der Waals surface area contributed by atoms with E-state index in [1.807, 2.05) is 0 Å². The lowest BCUT2D eigenvalue weighted by molar-refractivity contribution is -0.119. The van der Waals surface area contributed by atoms with E-state index in [0.29, 0.717) is 21.4 Å². The number of carbonyl (C=O) groups excluding carboxylic acids is 1. The molecule has 0 saturated heterocycles. The number of benzene rings is 2. The summed E-state index contributed by atoms with van der Waals surface area (Å²) in [6.07, 6.45) is 0.174. The molecule has 0 bridgehead atoms. The van der Waals surface area contributed by atoms with E-state index in [2.05, 4.69) is 15.6 Å². The van der Waals surface area contributed by atoms with Crippen molar-refractivity contribution >= 4 is 51.3 Å². The van der Waals surface area contributed by atoms with Gasteiger partial charge in [-0.3, -0.25) is 4.79 Å². The number of nitrogens with zero attached hydrogens (tertiary/aromatic N) is 1. The Balaban J connectivity index is 1.58. The average molecular weight is 436 g/mol. The Kier molecular flexibility index (Phi) is 6.56. The Bertz CT molecular complexity index is 1010. The molecule has 5 nitrogen and oxygen atoms in total. The number of amides is 1. The summed E-state index contributed by atoms with van der Waals surface area (Å²) >= 11 is 12.3. The van der Waals surface area contributed by atoms with Gasteiger partial charge in [-0.1, -0.05) is 23.7 Å². The fourth-order valence-corrected chi connectivity index (χ4v) is 3.50. The van der Waals surface area contributed by atoms with E-state index in [1.165, 1.54) is 24.5 Å². The van der Waals surface area contributed by atoms with Gasteiger partial charge in [0.25, 0.3) is 0 Å². The third-order valence-electron chi connectivity index (χ3n) is 3.70. The Morgan fingerprint density at radius 1 is 1.29 bits per heavy atom. The van der Waals surface area contributed by atoms with E-state index in [4.69, 9.17) is 28.6 Å². The second-order valence-corrected chi connectivity index (χ2v) is 7.40. The highest BCUT2D eigenvalue weighted by Gasteiger charge is 2.11. The first kappa shape index (κ1) is 20.2. The Morgan fingerprint density at radius 3 is 2.71 bits per heavy atom. The van der Waals surface area contributed by atoms with Gasteiger partial charge in [-0.15, -0.1) is 11.3 Å². The summed E-state index contributed by atoms with van der Waals surface area (Å²) in [5, 5.41) is 8.47. The quantitative estimate of drug-likeness (QED) is 0.570. The number of thiocarbonyl (C=S) groups is 1. The van der Waals surface area contributed by atoms with Crippen LogP contribution in [0.3, 0.4) is 0 Å². The third-order valence-corrected chi connectivity index (χ3v) is 4.92. The van der Waals surface area contributed by atoms with Gasteiger partial charge in [-0.05, 0) is 48.1 Å². The number of methoxy groups -OCH3 is 1. The SMILES string of the molecule is COc1ccc(-c2csc(NC(=S)NC(=O)Cc3ccc(Cl)cc3)n2)cc1F. The van der Waals surface area contributed by atoms with Gasteiger partial charge >= 0.3 is 0 Å². The molecule has 0 atom stereocenters. The molecule has 1 amide bonds. The number of thiazole rings is 1. The normalized spacial score (nSPS) is 10.4. The minimum atomic E-state index is -0.465. The zero-order chi connectivity index (χ0) is 20.1. The van der Waals surface area contributed by atoms with Crippen LogP contribution in [0.25, 0.3) is 11.3 Å². The summed E-state index contributed by atoms with van der Waals surface area (Å²) in [6, 6.07) is 11.6. The zero-order valence-corrected chi connectivity index (χ0v) is 17.1. The maximum absolute atomic E-state index is 13.9. The summed E-state index contributed by atoms with van der Waals surface area (Å²) in [6.45, 7) is 0. The highest BCUT2D eigenvalue weighted by molar-refractivity contribution is 7.80. The van der Waals surface area contributed by atoms with Gasteiger partial charge in [0, 0.05) is 16.0 Å². The number of hydrogen-bond donors (Lipinski definition) is 2. The van der Waals surface area contributed by atoms with Gasteiger partial charge in [-0.2, -0.15) is 0 Å². The summed E-state index contributed by atoms with van der Waals surface area (Å²) in [5.41, 5.74) is 2.02. The Hall–Kier alpha value is -2.55. The number of hydrogen-bond acceptors (Lipinski definition) is 5. The van der Waals surface area contributed by atoms with Crippen LogP contribution in [-0.2, 0) is 11.2 Å². The fourth-order valence-electron chi connectivity index (χ4n) is 2.38. The lowest BCUT2D eigenvalue weighted by Gasteiger charge is -2.07. The molecule has 0 radical (unpaired) electrons. The molecular formula is C19H15ClFN3O2S2. The van der Waals surface area contributed by atoms with Gasteiger partial charge in [0.2, 0.25) is 5.91 Å². The maximum atomic E-state index is 13.9. The van der Waals surface area contributed by atoms with Gasteiger partial charge in [0.1, 0.15) is 0 Å². The van der Waals surface area contributed by atoms with E-state index in [1.54, 1.807) is 41.8 Å². The number of anilines is 1. The molecule has 28 heavy (non-hydrogen) atoms. The molecule has 2 aromatic carbocycles. The Labute approximate surface area is 175 Å². The monoisotopic (exact) mass is 435 g/mol. The van der Waals surface area contributed by atoms with Crippen LogP contribution in [0, 0.1) is 5.82 Å². The largest absolute Gasteiger partial charge is 0.494 e. The standard InChI is InChI=1S/C19H15ClFN3O2S2/c1-26-16-7-4-12(9-14(16)21)15-10-28-19(22-15)24-18(27)23-17(25)8-11-2-5-13(20)6-3-11/h2-7,9-10H,8H2,1H3,(H2,22,23,24,25,27). The maximum Gasteiger partial charge on any atom is 0.230 e. The van der Waals surface area contributed by atoms with Crippen LogP contribution < -0.4 is 15.4 Å². The molecule has 1 aromatic heterocycles. The third kappa shape index (κ3) is 5.25. The van der Waals surface area contributed by atoms with Crippen LogP contribution in [0.4, 0.5) is 9.52 Å². The van der Waals surface area contributed by atoms with Crippen LogP contribution >= 0.6 is 35.2 Å². The van der Waals surface area contributed by atoms with Crippen molar-refractivity contribution in [3.05, 3.63) is 64.2 Å². The molecule has 1 heterocycles. The second kappa shape index (κ2) is 9.09. The molecule has 144 valence electrons. The van der Waals surface area contributed by atoms with Crippen LogP contribution in [0.2, 0.25) is 5.02 Å². The van der Waals surface area contributed by atoms with E-state index in [0.717, 1.165) is 5.56 Å². The number of halogens is 2. The van der Waals surface area contributed by atoms with E-state index < -0.39 is 5.82 Å². The highest BCUT2D eigenvalue weighted by Crippen LogP contribution is 2.28. The number of carbonyl (C=O) groups is 1. The van der Waals surface area contributed by atoms with Crippen molar-refractivity contribution in [1.29, 1.82) is 0 Å². The number of nitrogens with one attached hydrogen (secondary N) is 2. The minimum Gasteiger partial charge on any atom is -0.494 e. The summed E-state index contributed by atoms with van der Waals surface area (Å²) in [5.74, 6) is -0.553. The van der Waals surface area contributed by atoms with Crippen molar-refractivity contribution in [3.8, 4) is 17.0 Å². The predicted molar refractivity (Wildman–Crippen MR) is 114 cm³/mol. The zero-order valence-electron chi connectivity index (χ0n) is 14.7. The molecule has 2 N–H and O–H groups in total. The van der Waals surface area contributed by atoms with Gasteiger partial charge < -0.3 is 15.4 Å². The van der Waals surface area contributed by atoms with Crippen molar-refractivity contribution < 1.29 is 13.9 Å². The van der Waals surface area contributed by atoms with Crippen LogP contribution in [0.5, 0.6) is 5.75 Å². The van der Waals surface area contributed by atoms with Crippen LogP contribution in [-0.4, -0.2) is 23.1 Å². The highest BCUT2D eigenvalue weighted by atomic mass is 35.5. The molecule has 0 unspecified atom stereocenters. The molecule has 0 saturated carbocycles. The van der Waals surface area contributed by atoms with Crippen LogP contribution in [0.15, 0.2) is 47.8 Å². The first-order valence-electron chi connectivity index (χ1n) is 8.09. The number of aromatic nitrogens is 1. The van der Waals surface area contributed by atoms with Crippen molar-refractivity contribution in [2.24, 2.45) is 0 Å². The minimum absolute atomic E-state index is 0.140. The molecule has 0 spiro atoms. The molecule has 0 aliphatic rings. The van der Waals surface area contributed by atoms with E-state index in [9.17, 15) is 9.18 Å². The van der Waals surface area contributed by atoms with Gasteiger partial charge in [-0.25, -0.2) is 9.37 Å². The molecule has 9 heteroatoms. The van der Waals surface area contributed by atoms with Crippen molar-refractivity contribution in [2.75, 3.05) is 12.4 Å². The summed E-state index contributed by atoms with van der Waals surface area (Å²) in [4.78, 5) is 16.4. The average Bonchev–Trinajstić information content (AvgIpc) is 3.11. The molecule has 0 fully saturated rings.